The fourth-order valence-electron chi connectivity index (χ4n) is 3.19. The lowest BCUT2D eigenvalue weighted by Gasteiger charge is -2.28. The summed E-state index contributed by atoms with van der Waals surface area (Å²) in [5, 5.41) is 1.87. The molecule has 0 saturated carbocycles. The highest BCUT2D eigenvalue weighted by Crippen LogP contribution is 2.23. The Morgan fingerprint density at radius 3 is 2.55 bits per heavy atom. The largest absolute Gasteiger partial charge is 0.491 e. The topological polar surface area (TPSA) is 61.4 Å². The van der Waals surface area contributed by atoms with E-state index in [9.17, 15) is 0 Å². The molecule has 3 rings (SSSR count). The van der Waals surface area contributed by atoms with E-state index in [0.29, 0.717) is 32.3 Å². The van der Waals surface area contributed by atoms with Crippen LogP contribution in [0.3, 0.4) is 0 Å². The Bertz CT molecular complexity index is 670. The van der Waals surface area contributed by atoms with Crippen molar-refractivity contribution in [3.63, 3.8) is 0 Å². The van der Waals surface area contributed by atoms with Crippen LogP contribution in [0.15, 0.2) is 48.4 Å². The fourth-order valence-corrected chi connectivity index (χ4v) is 3.19. The monoisotopic (exact) mass is 404 g/mol. The smallest absolute Gasteiger partial charge is 0.127 e. The average molecular weight is 405 g/mol. The third kappa shape index (κ3) is 7.04. The van der Waals surface area contributed by atoms with Crippen molar-refractivity contribution >= 4 is 0 Å². The van der Waals surface area contributed by atoms with Gasteiger partial charge in [-0.05, 0) is 37.1 Å². The molecule has 1 unspecified atom stereocenters. The van der Waals surface area contributed by atoms with E-state index < -0.39 is 0 Å². The van der Waals surface area contributed by atoms with Crippen molar-refractivity contribution in [3.05, 3.63) is 48.4 Å². The van der Waals surface area contributed by atoms with Gasteiger partial charge in [-0.1, -0.05) is 6.58 Å². The molecule has 2 aliphatic rings. The molecule has 1 aromatic rings. The van der Waals surface area contributed by atoms with Gasteiger partial charge >= 0.3 is 0 Å². The van der Waals surface area contributed by atoms with Gasteiger partial charge in [-0.3, -0.25) is 0 Å². The molecule has 0 aliphatic carbocycles. The lowest BCUT2D eigenvalue weighted by atomic mass is 10.1. The summed E-state index contributed by atoms with van der Waals surface area (Å²) in [6.07, 6.45) is 4.83. The van der Waals surface area contributed by atoms with Crippen LogP contribution < -0.4 is 14.9 Å². The highest BCUT2D eigenvalue weighted by molar-refractivity contribution is 5.33. The first kappa shape index (κ1) is 21.6. The van der Waals surface area contributed by atoms with Crippen molar-refractivity contribution in [2.24, 2.45) is 0 Å². The maximum Gasteiger partial charge on any atom is 0.127 e. The van der Waals surface area contributed by atoms with Crippen LogP contribution in [0.1, 0.15) is 19.3 Å². The number of allylic oxidation sites excluding steroid dienone is 1. The molecule has 0 radical (unpaired) electrons. The molecule has 0 aromatic heterocycles. The Kier molecular flexibility index (Phi) is 8.37. The van der Waals surface area contributed by atoms with Crippen LogP contribution in [0.25, 0.3) is 0 Å². The van der Waals surface area contributed by atoms with Crippen LogP contribution in [-0.2, 0) is 14.2 Å². The van der Waals surface area contributed by atoms with Crippen LogP contribution in [0.5, 0.6) is 11.5 Å². The maximum absolute atomic E-state index is 6.08. The predicted octanol–water partition coefficient (Wildman–Crippen LogP) is 2.89. The van der Waals surface area contributed by atoms with Crippen LogP contribution in [0, 0.1) is 0 Å². The number of rotatable bonds is 8. The average Bonchev–Trinajstić information content (AvgIpc) is 2.74. The van der Waals surface area contributed by atoms with Gasteiger partial charge in [0.1, 0.15) is 23.9 Å². The van der Waals surface area contributed by atoms with E-state index in [0.717, 1.165) is 49.0 Å². The minimum absolute atomic E-state index is 0.0233. The van der Waals surface area contributed by atoms with Crippen molar-refractivity contribution in [1.82, 2.24) is 10.4 Å². The summed E-state index contributed by atoms with van der Waals surface area (Å²) in [6, 6.07) is 7.62. The maximum atomic E-state index is 6.08. The minimum atomic E-state index is 0.0233. The molecule has 2 heterocycles. The number of nitrogens with zero attached hydrogens (tertiary/aromatic N) is 1. The first-order chi connectivity index (χ1) is 14.1. The summed E-state index contributed by atoms with van der Waals surface area (Å²) in [5.41, 5.74) is 4.08. The summed E-state index contributed by atoms with van der Waals surface area (Å²) < 4.78 is 28.5. The zero-order valence-electron chi connectivity index (χ0n) is 17.4. The lowest BCUT2D eigenvalue weighted by Crippen LogP contribution is -2.41. The third-order valence-corrected chi connectivity index (χ3v) is 5.02. The highest BCUT2D eigenvalue weighted by atomic mass is 16.5. The van der Waals surface area contributed by atoms with Crippen LogP contribution in [0.4, 0.5) is 0 Å². The molecule has 0 amide bonds. The Hall–Kier alpha value is -2.06. The highest BCUT2D eigenvalue weighted by Gasteiger charge is 2.17. The number of hydrogen-bond acceptors (Lipinski definition) is 7. The van der Waals surface area contributed by atoms with Crippen molar-refractivity contribution in [1.29, 1.82) is 0 Å². The molecule has 1 atom stereocenters. The summed E-state index contributed by atoms with van der Waals surface area (Å²) in [4.78, 5) is 0. The minimum Gasteiger partial charge on any atom is -0.491 e. The second-order valence-corrected chi connectivity index (χ2v) is 7.19. The fraction of sp³-hybridized carbons (Fsp3) is 0.545. The van der Waals surface area contributed by atoms with Gasteiger partial charge in [-0.25, -0.2) is 5.43 Å². The van der Waals surface area contributed by atoms with E-state index in [4.69, 9.17) is 23.7 Å². The van der Waals surface area contributed by atoms with Crippen molar-refractivity contribution in [3.8, 4) is 11.5 Å². The molecule has 29 heavy (non-hydrogen) atoms. The molecule has 1 N–H and O–H groups in total. The number of likely N-dealkylation sites (N-methyl/N-ethyl adjacent to an activating group) is 1. The van der Waals surface area contributed by atoms with E-state index in [-0.39, 0.29) is 6.10 Å². The summed E-state index contributed by atoms with van der Waals surface area (Å²) in [6.45, 7) is 7.43. The van der Waals surface area contributed by atoms with Crippen molar-refractivity contribution in [2.45, 2.75) is 31.5 Å². The molecule has 160 valence electrons. The van der Waals surface area contributed by atoms with Crippen LogP contribution >= 0.6 is 0 Å². The molecule has 2 aliphatic heterocycles. The Morgan fingerprint density at radius 1 is 1.10 bits per heavy atom. The second kappa shape index (κ2) is 11.2. The third-order valence-electron chi connectivity index (χ3n) is 5.02. The van der Waals surface area contributed by atoms with Crippen LogP contribution in [0.2, 0.25) is 0 Å². The van der Waals surface area contributed by atoms with Crippen molar-refractivity contribution < 1.29 is 23.7 Å². The van der Waals surface area contributed by atoms with E-state index in [1.165, 1.54) is 0 Å². The predicted molar refractivity (Wildman–Crippen MR) is 111 cm³/mol. The first-order valence-electron chi connectivity index (χ1n) is 10.1. The number of methoxy groups -OCH3 is 1. The van der Waals surface area contributed by atoms with E-state index >= 15 is 0 Å². The van der Waals surface area contributed by atoms with E-state index in [1.54, 1.807) is 7.11 Å². The van der Waals surface area contributed by atoms with Gasteiger partial charge in [0.15, 0.2) is 0 Å². The Labute approximate surface area is 173 Å². The molecule has 1 fully saturated rings. The van der Waals surface area contributed by atoms with E-state index in [1.807, 2.05) is 42.4 Å². The number of hydrogen-bond donors (Lipinski definition) is 1. The van der Waals surface area contributed by atoms with Gasteiger partial charge in [0.2, 0.25) is 0 Å². The van der Waals surface area contributed by atoms with Gasteiger partial charge in [0.25, 0.3) is 0 Å². The van der Waals surface area contributed by atoms with Gasteiger partial charge in [-0.15, -0.1) is 0 Å². The summed E-state index contributed by atoms with van der Waals surface area (Å²) >= 11 is 0. The zero-order chi connectivity index (χ0) is 20.5. The number of ether oxygens (including phenoxy) is 5. The van der Waals surface area contributed by atoms with Gasteiger partial charge in [0.05, 0.1) is 18.8 Å². The number of hydrazine groups is 1. The molecule has 7 nitrogen and oxygen atoms in total. The lowest BCUT2D eigenvalue weighted by molar-refractivity contribution is -0.0388. The molecule has 7 heteroatoms. The Morgan fingerprint density at radius 2 is 1.83 bits per heavy atom. The molecule has 1 saturated heterocycles. The number of nitrogens with one attached hydrogen (secondary N) is 1. The summed E-state index contributed by atoms with van der Waals surface area (Å²) in [7, 11) is 3.63. The Balaban J connectivity index is 1.47. The molecule has 1 aromatic carbocycles. The second-order valence-electron chi connectivity index (χ2n) is 7.19. The van der Waals surface area contributed by atoms with Gasteiger partial charge < -0.3 is 28.7 Å². The van der Waals surface area contributed by atoms with Crippen molar-refractivity contribution in [2.75, 3.05) is 47.1 Å². The standard InChI is InChI=1S/C22H32N2O5/c1-17-14-21(15-22(25-3)16-23-24(17)2)29-20-6-4-18(5-7-20)27-12-13-28-19-8-10-26-11-9-19/h4-7,14,19,22-23H,1,8-13,15-16H2,2-3H3/b21-14+. The number of benzene rings is 1. The summed E-state index contributed by atoms with van der Waals surface area (Å²) in [5.74, 6) is 2.36. The quantitative estimate of drug-likeness (QED) is 0.669. The molecule has 0 spiro atoms. The molecular weight excluding hydrogens is 372 g/mol. The van der Waals surface area contributed by atoms with Gasteiger partial charge in [0, 0.05) is 52.1 Å². The molecule has 0 bridgehead atoms. The van der Waals surface area contributed by atoms with Gasteiger partial charge in [-0.2, -0.15) is 0 Å². The van der Waals surface area contributed by atoms with Crippen LogP contribution in [-0.4, -0.2) is 64.3 Å². The SMILES string of the molecule is C=C1/C=C(/Oc2ccc(OCCOC3CCOCC3)cc2)CC(OC)CNN1C. The van der Waals surface area contributed by atoms with E-state index in [2.05, 4.69) is 12.0 Å². The first-order valence-corrected chi connectivity index (χ1v) is 10.1. The molecular formula is C22H32N2O5. The zero-order valence-corrected chi connectivity index (χ0v) is 17.4. The normalized spacial score (nSPS) is 23.1.